The van der Waals surface area contributed by atoms with Crippen LogP contribution < -0.4 is 4.74 Å². The summed E-state index contributed by atoms with van der Waals surface area (Å²) in [4.78, 5) is 21.7. The number of aromatic nitrogens is 2. The number of nitro benzene ring substituents is 1. The van der Waals surface area contributed by atoms with Gasteiger partial charge < -0.3 is 9.47 Å². The molecule has 0 aliphatic carbocycles. The number of hydrogen-bond acceptors (Lipinski definition) is 6. The number of hydrogen-bond donors (Lipinski definition) is 1. The lowest BCUT2D eigenvalue weighted by Gasteiger charge is -2.02. The first-order valence-corrected chi connectivity index (χ1v) is 5.53. The molecule has 0 amide bonds. The highest BCUT2D eigenvalue weighted by atomic mass is 16.6. The van der Waals surface area contributed by atoms with Crippen LogP contribution in [0.15, 0.2) is 24.3 Å². The molecular formula is C12H11N3O5. The van der Waals surface area contributed by atoms with Crippen molar-refractivity contribution < 1.29 is 19.2 Å². The van der Waals surface area contributed by atoms with Gasteiger partial charge in [0.15, 0.2) is 5.75 Å². The molecule has 0 atom stereocenters. The number of carbonyl (C=O) groups is 1. The second-order valence-electron chi connectivity index (χ2n) is 3.80. The van der Waals surface area contributed by atoms with E-state index in [4.69, 9.17) is 4.74 Å². The number of benzene rings is 1. The molecule has 0 spiro atoms. The summed E-state index contributed by atoms with van der Waals surface area (Å²) in [6.45, 7) is 0. The van der Waals surface area contributed by atoms with E-state index in [9.17, 15) is 14.9 Å². The first-order valence-electron chi connectivity index (χ1n) is 5.53. The van der Waals surface area contributed by atoms with Crippen LogP contribution in [0.4, 0.5) is 5.69 Å². The molecule has 104 valence electrons. The van der Waals surface area contributed by atoms with E-state index in [1.54, 1.807) is 6.07 Å². The van der Waals surface area contributed by atoms with Crippen molar-refractivity contribution in [2.45, 2.75) is 0 Å². The Hall–Kier alpha value is -2.90. The molecule has 0 unspecified atom stereocenters. The first-order chi connectivity index (χ1) is 9.56. The molecule has 1 aromatic carbocycles. The minimum absolute atomic E-state index is 0.155. The molecule has 0 bridgehead atoms. The Bertz CT molecular complexity index is 665. The molecular weight excluding hydrogens is 266 g/mol. The molecule has 20 heavy (non-hydrogen) atoms. The average Bonchev–Trinajstić information content (AvgIpc) is 2.95. The molecule has 1 heterocycles. The van der Waals surface area contributed by atoms with Crippen LogP contribution in [-0.2, 0) is 4.74 Å². The standard InChI is InChI=1S/C12H11N3O5/c1-19-11-4-3-7(5-10(11)15(17)18)8-6-9(14-13-8)12(16)20-2/h3-6H,1-2H3,(H,13,14). The number of nitro groups is 1. The number of ether oxygens (including phenoxy) is 2. The molecule has 2 aromatic rings. The van der Waals surface area contributed by atoms with Gasteiger partial charge in [0.2, 0.25) is 0 Å². The molecule has 1 aromatic heterocycles. The zero-order valence-corrected chi connectivity index (χ0v) is 10.7. The predicted molar refractivity (Wildman–Crippen MR) is 68.6 cm³/mol. The van der Waals surface area contributed by atoms with E-state index in [2.05, 4.69) is 14.9 Å². The Balaban J connectivity index is 2.43. The third kappa shape index (κ3) is 2.44. The fourth-order valence-electron chi connectivity index (χ4n) is 1.68. The Morgan fingerprint density at radius 1 is 1.35 bits per heavy atom. The zero-order valence-electron chi connectivity index (χ0n) is 10.7. The fourth-order valence-corrected chi connectivity index (χ4v) is 1.68. The minimum atomic E-state index is -0.563. The minimum Gasteiger partial charge on any atom is -0.490 e. The van der Waals surface area contributed by atoms with Gasteiger partial charge in [-0.2, -0.15) is 5.10 Å². The maximum atomic E-state index is 11.3. The van der Waals surface area contributed by atoms with Crippen LogP contribution in [0.5, 0.6) is 5.75 Å². The summed E-state index contributed by atoms with van der Waals surface area (Å²) < 4.78 is 9.46. The van der Waals surface area contributed by atoms with Gasteiger partial charge in [0.05, 0.1) is 24.8 Å². The number of methoxy groups -OCH3 is 2. The highest BCUT2D eigenvalue weighted by molar-refractivity contribution is 5.88. The Morgan fingerprint density at radius 2 is 2.10 bits per heavy atom. The van der Waals surface area contributed by atoms with Gasteiger partial charge >= 0.3 is 11.7 Å². The molecule has 8 nitrogen and oxygen atoms in total. The van der Waals surface area contributed by atoms with Crippen molar-refractivity contribution in [2.75, 3.05) is 14.2 Å². The third-order valence-electron chi connectivity index (χ3n) is 2.65. The first kappa shape index (κ1) is 13.5. The molecule has 0 saturated heterocycles. The molecule has 2 rings (SSSR count). The van der Waals surface area contributed by atoms with Crippen LogP contribution in [0.2, 0.25) is 0 Å². The van der Waals surface area contributed by atoms with Crippen LogP contribution in [-0.4, -0.2) is 35.3 Å². The number of H-pyrrole nitrogens is 1. The smallest absolute Gasteiger partial charge is 0.356 e. The summed E-state index contributed by atoms with van der Waals surface area (Å²) in [6.07, 6.45) is 0. The maximum absolute atomic E-state index is 11.3. The zero-order chi connectivity index (χ0) is 14.7. The topological polar surface area (TPSA) is 107 Å². The van der Waals surface area contributed by atoms with Gasteiger partial charge in [0.25, 0.3) is 0 Å². The molecule has 0 fully saturated rings. The van der Waals surface area contributed by atoms with Crippen LogP contribution >= 0.6 is 0 Å². The number of nitrogens with one attached hydrogen (secondary N) is 1. The number of carbonyl (C=O) groups excluding carboxylic acids is 1. The number of esters is 1. The van der Waals surface area contributed by atoms with Crippen LogP contribution in [0.25, 0.3) is 11.3 Å². The number of nitrogens with zero attached hydrogens (tertiary/aromatic N) is 2. The van der Waals surface area contributed by atoms with E-state index in [1.807, 2.05) is 0 Å². The van der Waals surface area contributed by atoms with Gasteiger partial charge in [0.1, 0.15) is 5.69 Å². The molecule has 0 radical (unpaired) electrons. The van der Waals surface area contributed by atoms with Crippen LogP contribution in [0.1, 0.15) is 10.5 Å². The van der Waals surface area contributed by atoms with E-state index < -0.39 is 10.9 Å². The van der Waals surface area contributed by atoms with Crippen molar-refractivity contribution in [1.82, 2.24) is 10.2 Å². The quantitative estimate of drug-likeness (QED) is 0.518. The van der Waals surface area contributed by atoms with Crippen molar-refractivity contribution in [3.63, 3.8) is 0 Å². The second-order valence-corrected chi connectivity index (χ2v) is 3.80. The van der Waals surface area contributed by atoms with E-state index in [0.29, 0.717) is 11.3 Å². The van der Waals surface area contributed by atoms with Gasteiger partial charge in [-0.3, -0.25) is 15.2 Å². The Labute approximate surface area is 113 Å². The summed E-state index contributed by atoms with van der Waals surface area (Å²) in [5, 5.41) is 17.4. The third-order valence-corrected chi connectivity index (χ3v) is 2.65. The average molecular weight is 277 g/mol. The summed E-state index contributed by atoms with van der Waals surface area (Å²) in [6, 6.07) is 5.87. The lowest BCUT2D eigenvalue weighted by atomic mass is 10.1. The normalized spacial score (nSPS) is 10.1. The van der Waals surface area contributed by atoms with Gasteiger partial charge in [-0.15, -0.1) is 0 Å². The molecule has 1 N–H and O–H groups in total. The monoisotopic (exact) mass is 277 g/mol. The highest BCUT2D eigenvalue weighted by Gasteiger charge is 2.18. The largest absolute Gasteiger partial charge is 0.490 e. The lowest BCUT2D eigenvalue weighted by molar-refractivity contribution is -0.385. The second kappa shape index (κ2) is 5.39. The van der Waals surface area contributed by atoms with E-state index in [0.717, 1.165) is 0 Å². The highest BCUT2D eigenvalue weighted by Crippen LogP contribution is 2.31. The van der Waals surface area contributed by atoms with Crippen molar-refractivity contribution in [3.05, 3.63) is 40.1 Å². The molecule has 0 aliphatic heterocycles. The molecule has 8 heteroatoms. The van der Waals surface area contributed by atoms with Crippen molar-refractivity contribution in [3.8, 4) is 17.0 Å². The summed E-state index contributed by atoms with van der Waals surface area (Å²) in [5.41, 5.74) is 0.883. The summed E-state index contributed by atoms with van der Waals surface area (Å²) in [5.74, 6) is -0.408. The van der Waals surface area contributed by atoms with E-state index in [1.165, 1.54) is 32.4 Å². The molecule has 0 aliphatic rings. The van der Waals surface area contributed by atoms with Crippen molar-refractivity contribution in [2.24, 2.45) is 0 Å². The fraction of sp³-hybridized carbons (Fsp3) is 0.167. The number of rotatable bonds is 4. The van der Waals surface area contributed by atoms with E-state index >= 15 is 0 Å². The van der Waals surface area contributed by atoms with Gasteiger partial charge in [0, 0.05) is 11.6 Å². The maximum Gasteiger partial charge on any atom is 0.356 e. The van der Waals surface area contributed by atoms with Gasteiger partial charge in [-0.1, -0.05) is 0 Å². The van der Waals surface area contributed by atoms with Gasteiger partial charge in [-0.05, 0) is 18.2 Å². The van der Waals surface area contributed by atoms with Gasteiger partial charge in [-0.25, -0.2) is 4.79 Å². The lowest BCUT2D eigenvalue weighted by Crippen LogP contribution is -2.00. The Morgan fingerprint density at radius 3 is 2.70 bits per heavy atom. The van der Waals surface area contributed by atoms with Crippen LogP contribution in [0.3, 0.4) is 0 Å². The molecule has 0 saturated carbocycles. The van der Waals surface area contributed by atoms with Crippen molar-refractivity contribution in [1.29, 1.82) is 0 Å². The van der Waals surface area contributed by atoms with Crippen molar-refractivity contribution >= 4 is 11.7 Å². The number of aromatic amines is 1. The Kier molecular flexibility index (Phi) is 3.65. The van der Waals surface area contributed by atoms with Crippen LogP contribution in [0, 0.1) is 10.1 Å². The predicted octanol–water partition coefficient (Wildman–Crippen LogP) is 1.78. The van der Waals surface area contributed by atoms with E-state index in [-0.39, 0.29) is 17.1 Å². The summed E-state index contributed by atoms with van der Waals surface area (Å²) >= 11 is 0. The summed E-state index contributed by atoms with van der Waals surface area (Å²) in [7, 11) is 2.60. The SMILES string of the molecule is COC(=O)c1cc(-c2ccc(OC)c([N+](=O)[O-])c2)n[nH]1.